The third kappa shape index (κ3) is 3.85. The van der Waals surface area contributed by atoms with Crippen molar-refractivity contribution in [2.45, 2.75) is 45.1 Å². The molecule has 0 spiro atoms. The Bertz CT molecular complexity index is 591. The van der Waals surface area contributed by atoms with Crippen LogP contribution in [0.15, 0.2) is 18.2 Å². The van der Waals surface area contributed by atoms with Gasteiger partial charge in [-0.3, -0.25) is 14.9 Å². The van der Waals surface area contributed by atoms with E-state index in [0.29, 0.717) is 6.54 Å². The fourth-order valence-electron chi connectivity index (χ4n) is 3.09. The molecule has 1 N–H and O–H groups in total. The van der Waals surface area contributed by atoms with Crippen molar-refractivity contribution in [2.75, 3.05) is 6.54 Å². The third-order valence-electron chi connectivity index (χ3n) is 4.24. The highest BCUT2D eigenvalue weighted by Crippen LogP contribution is 2.25. The van der Waals surface area contributed by atoms with E-state index >= 15 is 0 Å². The number of carboxylic acids is 1. The molecule has 0 bridgehead atoms. The van der Waals surface area contributed by atoms with Crippen LogP contribution in [0.25, 0.3) is 0 Å². The fourth-order valence-corrected chi connectivity index (χ4v) is 3.09. The quantitative estimate of drug-likeness (QED) is 0.663. The maximum atomic E-state index is 12.7. The summed E-state index contributed by atoms with van der Waals surface area (Å²) in [5, 5.41) is 20.1. The Morgan fingerprint density at radius 2 is 1.83 bits per heavy atom. The van der Waals surface area contributed by atoms with Crippen molar-refractivity contribution in [1.82, 2.24) is 4.90 Å². The van der Waals surface area contributed by atoms with Crippen LogP contribution in [0.2, 0.25) is 0 Å². The van der Waals surface area contributed by atoms with Gasteiger partial charge in [-0.2, -0.15) is 0 Å². The summed E-state index contributed by atoms with van der Waals surface area (Å²) in [6.07, 6.45) is 5.11. The second-order valence-corrected chi connectivity index (χ2v) is 5.71. The summed E-state index contributed by atoms with van der Waals surface area (Å²) < 4.78 is 0. The molecule has 1 amide bonds. The van der Waals surface area contributed by atoms with Crippen molar-refractivity contribution in [3.63, 3.8) is 0 Å². The topological polar surface area (TPSA) is 101 Å². The number of benzene rings is 1. The molecule has 1 aromatic carbocycles. The molecular weight excluding hydrogens is 300 g/mol. The number of amides is 1. The smallest absolute Gasteiger partial charge is 0.335 e. The predicted molar refractivity (Wildman–Crippen MR) is 83.6 cm³/mol. The van der Waals surface area contributed by atoms with Crippen LogP contribution in [0.4, 0.5) is 5.69 Å². The summed E-state index contributed by atoms with van der Waals surface area (Å²) in [6.45, 7) is 2.36. The Kier molecular flexibility index (Phi) is 5.31. The van der Waals surface area contributed by atoms with Crippen molar-refractivity contribution < 1.29 is 19.6 Å². The van der Waals surface area contributed by atoms with Gasteiger partial charge in [-0.25, -0.2) is 4.79 Å². The number of nitro groups is 1. The van der Waals surface area contributed by atoms with Gasteiger partial charge in [0.1, 0.15) is 0 Å². The molecule has 0 saturated heterocycles. The lowest BCUT2D eigenvalue weighted by atomic mass is 9.93. The highest BCUT2D eigenvalue weighted by atomic mass is 16.6. The number of carbonyl (C=O) groups excluding carboxylic acids is 1. The highest BCUT2D eigenvalue weighted by molar-refractivity contribution is 5.98. The number of non-ortho nitro benzene ring substituents is 1. The maximum absolute atomic E-state index is 12.7. The van der Waals surface area contributed by atoms with Crippen LogP contribution in [0.3, 0.4) is 0 Å². The molecule has 0 unspecified atom stereocenters. The van der Waals surface area contributed by atoms with Crippen molar-refractivity contribution in [3.8, 4) is 0 Å². The fraction of sp³-hybridized carbons (Fsp3) is 0.500. The van der Waals surface area contributed by atoms with Gasteiger partial charge in [-0.05, 0) is 25.8 Å². The maximum Gasteiger partial charge on any atom is 0.335 e. The zero-order chi connectivity index (χ0) is 17.0. The van der Waals surface area contributed by atoms with Crippen LogP contribution in [0, 0.1) is 10.1 Å². The second-order valence-electron chi connectivity index (χ2n) is 5.71. The van der Waals surface area contributed by atoms with E-state index in [-0.39, 0.29) is 28.8 Å². The number of carboxylic acid groups (broad SMARTS) is 1. The molecule has 1 aliphatic rings. The summed E-state index contributed by atoms with van der Waals surface area (Å²) in [7, 11) is 0. The van der Waals surface area contributed by atoms with Crippen molar-refractivity contribution in [3.05, 3.63) is 39.4 Å². The monoisotopic (exact) mass is 320 g/mol. The molecule has 0 heterocycles. The van der Waals surface area contributed by atoms with Crippen LogP contribution in [-0.4, -0.2) is 39.4 Å². The normalized spacial score (nSPS) is 15.2. The van der Waals surface area contributed by atoms with Gasteiger partial charge in [0.05, 0.1) is 10.5 Å². The Labute approximate surface area is 134 Å². The lowest BCUT2D eigenvalue weighted by Crippen LogP contribution is -2.41. The van der Waals surface area contributed by atoms with E-state index in [4.69, 9.17) is 5.11 Å². The minimum Gasteiger partial charge on any atom is -0.478 e. The van der Waals surface area contributed by atoms with E-state index in [0.717, 1.165) is 44.2 Å². The summed E-state index contributed by atoms with van der Waals surface area (Å²) in [6, 6.07) is 3.45. The zero-order valence-corrected chi connectivity index (χ0v) is 13.0. The Hall–Kier alpha value is -2.44. The molecule has 1 aromatic rings. The number of rotatable bonds is 5. The molecule has 1 fully saturated rings. The largest absolute Gasteiger partial charge is 0.478 e. The molecule has 0 radical (unpaired) electrons. The molecule has 1 saturated carbocycles. The van der Waals surface area contributed by atoms with Gasteiger partial charge >= 0.3 is 5.97 Å². The van der Waals surface area contributed by atoms with Crippen LogP contribution >= 0.6 is 0 Å². The van der Waals surface area contributed by atoms with E-state index in [1.54, 1.807) is 4.90 Å². The highest BCUT2D eigenvalue weighted by Gasteiger charge is 2.27. The predicted octanol–water partition coefficient (Wildman–Crippen LogP) is 3.09. The minimum atomic E-state index is -1.29. The molecular formula is C16H20N2O5. The minimum absolute atomic E-state index is 0.0593. The first kappa shape index (κ1) is 16.9. The van der Waals surface area contributed by atoms with Gasteiger partial charge in [0.2, 0.25) is 0 Å². The molecule has 0 atom stereocenters. The molecule has 124 valence electrons. The first-order chi connectivity index (χ1) is 10.9. The number of carbonyl (C=O) groups is 2. The van der Waals surface area contributed by atoms with Gasteiger partial charge in [0.15, 0.2) is 0 Å². The molecule has 7 heteroatoms. The van der Waals surface area contributed by atoms with Gasteiger partial charge in [-0.1, -0.05) is 19.3 Å². The molecule has 23 heavy (non-hydrogen) atoms. The Balaban J connectivity index is 2.35. The zero-order valence-electron chi connectivity index (χ0n) is 13.0. The number of hydrogen-bond acceptors (Lipinski definition) is 4. The van der Waals surface area contributed by atoms with Crippen LogP contribution < -0.4 is 0 Å². The standard InChI is InChI=1S/C16H20N2O5/c1-2-17(13-6-4-3-5-7-13)15(19)11-8-12(16(20)21)10-14(9-11)18(22)23/h8-10,13H,2-7H2,1H3,(H,20,21). The number of aromatic carboxylic acids is 1. The lowest BCUT2D eigenvalue weighted by molar-refractivity contribution is -0.384. The van der Waals surface area contributed by atoms with E-state index < -0.39 is 10.9 Å². The van der Waals surface area contributed by atoms with Crippen molar-refractivity contribution >= 4 is 17.6 Å². The average molecular weight is 320 g/mol. The SMILES string of the molecule is CCN(C(=O)c1cc(C(=O)O)cc([N+](=O)[O-])c1)C1CCCCC1. The third-order valence-corrected chi connectivity index (χ3v) is 4.24. The van der Waals surface area contributed by atoms with E-state index in [9.17, 15) is 19.7 Å². The Morgan fingerprint density at radius 3 is 2.35 bits per heavy atom. The van der Waals surface area contributed by atoms with Gasteiger partial charge in [0, 0.05) is 30.3 Å². The first-order valence-electron chi connectivity index (χ1n) is 7.77. The van der Waals surface area contributed by atoms with E-state index in [1.165, 1.54) is 6.07 Å². The number of hydrogen-bond donors (Lipinski definition) is 1. The number of nitrogens with zero attached hydrogens (tertiary/aromatic N) is 2. The summed E-state index contributed by atoms with van der Waals surface area (Å²) in [4.78, 5) is 35.9. The van der Waals surface area contributed by atoms with E-state index in [1.807, 2.05) is 6.92 Å². The molecule has 0 aromatic heterocycles. The number of nitro benzene ring substituents is 1. The van der Waals surface area contributed by atoms with Gasteiger partial charge in [-0.15, -0.1) is 0 Å². The van der Waals surface area contributed by atoms with Gasteiger partial charge in [0.25, 0.3) is 11.6 Å². The summed E-state index contributed by atoms with van der Waals surface area (Å²) in [5.74, 6) is -1.63. The summed E-state index contributed by atoms with van der Waals surface area (Å²) in [5.41, 5.74) is -0.570. The Morgan fingerprint density at radius 1 is 1.22 bits per heavy atom. The molecule has 0 aliphatic heterocycles. The first-order valence-corrected chi connectivity index (χ1v) is 7.77. The van der Waals surface area contributed by atoms with Crippen LogP contribution in [-0.2, 0) is 0 Å². The second kappa shape index (κ2) is 7.21. The van der Waals surface area contributed by atoms with Crippen LogP contribution in [0.5, 0.6) is 0 Å². The molecule has 2 rings (SSSR count). The van der Waals surface area contributed by atoms with Gasteiger partial charge < -0.3 is 10.0 Å². The van der Waals surface area contributed by atoms with Crippen LogP contribution in [0.1, 0.15) is 59.7 Å². The van der Waals surface area contributed by atoms with E-state index in [2.05, 4.69) is 0 Å². The van der Waals surface area contributed by atoms with Crippen molar-refractivity contribution in [2.24, 2.45) is 0 Å². The average Bonchev–Trinajstić information content (AvgIpc) is 2.55. The molecule has 7 nitrogen and oxygen atoms in total. The lowest BCUT2D eigenvalue weighted by Gasteiger charge is -2.33. The van der Waals surface area contributed by atoms with Crippen molar-refractivity contribution in [1.29, 1.82) is 0 Å². The summed E-state index contributed by atoms with van der Waals surface area (Å²) >= 11 is 0. The molecule has 1 aliphatic carbocycles.